The summed E-state index contributed by atoms with van der Waals surface area (Å²) in [6.07, 6.45) is 7.94. The van der Waals surface area contributed by atoms with Crippen LogP contribution in [0.1, 0.15) is 45.2 Å². The lowest BCUT2D eigenvalue weighted by Crippen LogP contribution is -2.50. The predicted molar refractivity (Wildman–Crippen MR) is 109 cm³/mol. The van der Waals surface area contributed by atoms with Crippen LogP contribution in [0.25, 0.3) is 0 Å². The Morgan fingerprint density at radius 2 is 2.26 bits per heavy atom. The minimum Gasteiger partial charge on any atom is -0.356 e. The molecule has 23 heavy (non-hydrogen) atoms. The van der Waals surface area contributed by atoms with Crippen LogP contribution in [0.3, 0.4) is 0 Å². The number of nitrogens with one attached hydrogen (secondary N) is 1. The van der Waals surface area contributed by atoms with Crippen LogP contribution < -0.4 is 5.32 Å². The second kappa shape index (κ2) is 10.1. The number of hydrogen-bond donors (Lipinski definition) is 1. The third kappa shape index (κ3) is 6.28. The predicted octanol–water partition coefficient (Wildman–Crippen LogP) is 3.72. The van der Waals surface area contributed by atoms with Crippen molar-refractivity contribution in [3.05, 3.63) is 30.1 Å². The molecule has 1 aliphatic rings. The van der Waals surface area contributed by atoms with Crippen LogP contribution in [0, 0.1) is 5.41 Å². The summed E-state index contributed by atoms with van der Waals surface area (Å²) in [7, 11) is 1.88. The lowest BCUT2D eigenvalue weighted by Gasteiger charge is -2.42. The van der Waals surface area contributed by atoms with Gasteiger partial charge >= 0.3 is 0 Å². The van der Waals surface area contributed by atoms with E-state index in [1.165, 1.54) is 25.7 Å². The van der Waals surface area contributed by atoms with E-state index in [2.05, 4.69) is 40.1 Å². The highest BCUT2D eigenvalue weighted by Gasteiger charge is 2.31. The summed E-state index contributed by atoms with van der Waals surface area (Å²) in [5.74, 6) is 1.04. The SMILES string of the molecule is CCCC1(C)CCCN(C(=NC)NCCc2ccccn2)C1.I. The molecule has 1 aromatic rings. The van der Waals surface area contributed by atoms with E-state index in [-0.39, 0.29) is 24.0 Å². The van der Waals surface area contributed by atoms with Gasteiger partial charge in [0.25, 0.3) is 0 Å². The second-order valence-corrected chi connectivity index (χ2v) is 6.63. The number of guanidine groups is 1. The minimum atomic E-state index is 0. The van der Waals surface area contributed by atoms with Gasteiger partial charge in [0, 0.05) is 45.0 Å². The van der Waals surface area contributed by atoms with Gasteiger partial charge in [0.1, 0.15) is 0 Å². The number of rotatable bonds is 5. The van der Waals surface area contributed by atoms with Crippen molar-refractivity contribution in [1.82, 2.24) is 15.2 Å². The van der Waals surface area contributed by atoms with Crippen molar-refractivity contribution in [1.29, 1.82) is 0 Å². The molecule has 2 heterocycles. The van der Waals surface area contributed by atoms with Crippen LogP contribution in [0.4, 0.5) is 0 Å². The van der Waals surface area contributed by atoms with Crippen molar-refractivity contribution in [2.45, 2.75) is 46.0 Å². The molecule has 1 atom stereocenters. The monoisotopic (exact) mass is 430 g/mol. The second-order valence-electron chi connectivity index (χ2n) is 6.63. The zero-order valence-corrected chi connectivity index (χ0v) is 17.0. The lowest BCUT2D eigenvalue weighted by molar-refractivity contribution is 0.142. The first kappa shape index (κ1) is 20.2. The highest BCUT2D eigenvalue weighted by molar-refractivity contribution is 14.0. The molecular formula is C18H31IN4. The van der Waals surface area contributed by atoms with Crippen LogP contribution in [-0.2, 0) is 6.42 Å². The molecule has 0 saturated carbocycles. The van der Waals surface area contributed by atoms with Gasteiger partial charge in [-0.15, -0.1) is 24.0 Å². The number of aromatic nitrogens is 1. The number of halogens is 1. The van der Waals surface area contributed by atoms with E-state index in [9.17, 15) is 0 Å². The largest absolute Gasteiger partial charge is 0.356 e. The fraction of sp³-hybridized carbons (Fsp3) is 0.667. The zero-order valence-electron chi connectivity index (χ0n) is 14.7. The Hall–Kier alpha value is -0.850. The van der Waals surface area contributed by atoms with Gasteiger partial charge in [-0.05, 0) is 36.8 Å². The molecule has 4 nitrogen and oxygen atoms in total. The van der Waals surface area contributed by atoms with E-state index in [4.69, 9.17) is 0 Å². The molecule has 0 bridgehead atoms. The molecule has 0 spiro atoms. The summed E-state index contributed by atoms with van der Waals surface area (Å²) in [4.78, 5) is 11.3. The zero-order chi connectivity index (χ0) is 15.8. The minimum absolute atomic E-state index is 0. The first-order valence-electron chi connectivity index (χ1n) is 8.52. The standard InChI is InChI=1S/C18H30N4.HI/c1-4-10-18(2)11-7-14-22(15-18)17(19-3)21-13-9-16-8-5-6-12-20-16;/h5-6,8,12H,4,7,9-11,13-15H2,1-3H3,(H,19,21);1H. The number of piperidine rings is 1. The van der Waals surface area contributed by atoms with E-state index >= 15 is 0 Å². The van der Waals surface area contributed by atoms with Gasteiger partial charge in [-0.2, -0.15) is 0 Å². The highest BCUT2D eigenvalue weighted by Crippen LogP contribution is 2.33. The van der Waals surface area contributed by atoms with Gasteiger partial charge in [-0.1, -0.05) is 26.3 Å². The average molecular weight is 430 g/mol. The van der Waals surface area contributed by atoms with Gasteiger partial charge in [0.15, 0.2) is 5.96 Å². The lowest BCUT2D eigenvalue weighted by atomic mass is 9.78. The molecule has 130 valence electrons. The number of pyridine rings is 1. The Kier molecular flexibility index (Phi) is 8.87. The maximum atomic E-state index is 4.48. The summed E-state index contributed by atoms with van der Waals surface area (Å²) in [6, 6.07) is 6.07. The first-order chi connectivity index (χ1) is 10.7. The van der Waals surface area contributed by atoms with Crippen molar-refractivity contribution in [3.8, 4) is 0 Å². The van der Waals surface area contributed by atoms with Crippen LogP contribution in [0.2, 0.25) is 0 Å². The van der Waals surface area contributed by atoms with Crippen molar-refractivity contribution < 1.29 is 0 Å². The molecule has 0 aromatic carbocycles. The summed E-state index contributed by atoms with van der Waals surface area (Å²) >= 11 is 0. The number of likely N-dealkylation sites (tertiary alicyclic amines) is 1. The molecule has 1 aliphatic heterocycles. The van der Waals surface area contributed by atoms with Crippen LogP contribution in [0.5, 0.6) is 0 Å². The van der Waals surface area contributed by atoms with Crippen LogP contribution in [0.15, 0.2) is 29.4 Å². The van der Waals surface area contributed by atoms with Crippen LogP contribution >= 0.6 is 24.0 Å². The van der Waals surface area contributed by atoms with Gasteiger partial charge < -0.3 is 10.2 Å². The third-order valence-corrected chi connectivity index (χ3v) is 4.54. The Morgan fingerprint density at radius 1 is 1.43 bits per heavy atom. The highest BCUT2D eigenvalue weighted by atomic mass is 127. The Bertz CT molecular complexity index is 473. The van der Waals surface area contributed by atoms with E-state index in [0.29, 0.717) is 5.41 Å². The molecule has 2 rings (SSSR count). The molecular weight excluding hydrogens is 399 g/mol. The van der Waals surface area contributed by atoms with Gasteiger partial charge in [-0.3, -0.25) is 9.98 Å². The number of nitrogens with zero attached hydrogens (tertiary/aromatic N) is 3. The van der Waals surface area contributed by atoms with Crippen molar-refractivity contribution in [2.75, 3.05) is 26.7 Å². The van der Waals surface area contributed by atoms with Gasteiger partial charge in [-0.25, -0.2) is 0 Å². The average Bonchev–Trinajstić information content (AvgIpc) is 2.52. The third-order valence-electron chi connectivity index (χ3n) is 4.54. The molecule has 5 heteroatoms. The smallest absolute Gasteiger partial charge is 0.193 e. The molecule has 0 aliphatic carbocycles. The number of hydrogen-bond acceptors (Lipinski definition) is 2. The summed E-state index contributed by atoms with van der Waals surface area (Å²) in [5.41, 5.74) is 1.56. The normalized spacial score (nSPS) is 21.7. The van der Waals surface area contributed by atoms with E-state index in [1.807, 2.05) is 25.4 Å². The summed E-state index contributed by atoms with van der Waals surface area (Å²) in [6.45, 7) is 7.81. The molecule has 1 N–H and O–H groups in total. The fourth-order valence-electron chi connectivity index (χ4n) is 3.48. The Balaban J connectivity index is 0.00000264. The first-order valence-corrected chi connectivity index (χ1v) is 8.52. The number of aliphatic imine (C=N–C) groups is 1. The summed E-state index contributed by atoms with van der Waals surface area (Å²) < 4.78 is 0. The Morgan fingerprint density at radius 3 is 2.91 bits per heavy atom. The topological polar surface area (TPSA) is 40.5 Å². The molecule has 0 amide bonds. The summed E-state index contributed by atoms with van der Waals surface area (Å²) in [5, 5.41) is 3.50. The van der Waals surface area contributed by atoms with E-state index < -0.39 is 0 Å². The van der Waals surface area contributed by atoms with Crippen molar-refractivity contribution >= 4 is 29.9 Å². The van der Waals surface area contributed by atoms with E-state index in [1.54, 1.807) is 0 Å². The maximum Gasteiger partial charge on any atom is 0.193 e. The molecule has 1 fully saturated rings. The van der Waals surface area contributed by atoms with Gasteiger partial charge in [0.05, 0.1) is 0 Å². The van der Waals surface area contributed by atoms with Gasteiger partial charge in [0.2, 0.25) is 0 Å². The van der Waals surface area contributed by atoms with E-state index in [0.717, 1.165) is 37.7 Å². The van der Waals surface area contributed by atoms with Crippen molar-refractivity contribution in [2.24, 2.45) is 10.4 Å². The van der Waals surface area contributed by atoms with Crippen molar-refractivity contribution in [3.63, 3.8) is 0 Å². The molecule has 1 saturated heterocycles. The Labute approximate surface area is 158 Å². The fourth-order valence-corrected chi connectivity index (χ4v) is 3.48. The molecule has 1 aromatic heterocycles. The molecule has 0 radical (unpaired) electrons. The molecule has 1 unspecified atom stereocenters. The quantitative estimate of drug-likeness (QED) is 0.440. The maximum absolute atomic E-state index is 4.48. The van der Waals surface area contributed by atoms with Crippen LogP contribution in [-0.4, -0.2) is 42.5 Å².